The molecule has 0 aliphatic heterocycles. The van der Waals surface area contributed by atoms with E-state index in [1.54, 1.807) is 16.2 Å². The van der Waals surface area contributed by atoms with E-state index in [-0.39, 0.29) is 12.0 Å². The second kappa shape index (κ2) is 6.06. The van der Waals surface area contributed by atoms with Crippen LogP contribution in [0, 0.1) is 12.8 Å². The van der Waals surface area contributed by atoms with Gasteiger partial charge in [-0.05, 0) is 43.7 Å². The van der Waals surface area contributed by atoms with Gasteiger partial charge in [-0.25, -0.2) is 0 Å². The molecule has 3 nitrogen and oxygen atoms in total. The Morgan fingerprint density at radius 2 is 2.21 bits per heavy atom. The van der Waals surface area contributed by atoms with Gasteiger partial charge in [0.1, 0.15) is 0 Å². The minimum Gasteiger partial charge on any atom is -0.393 e. The molecule has 1 amide bonds. The smallest absolute Gasteiger partial charge is 0.263 e. The van der Waals surface area contributed by atoms with Gasteiger partial charge in [0.25, 0.3) is 5.91 Å². The zero-order valence-electron chi connectivity index (χ0n) is 12.0. The summed E-state index contributed by atoms with van der Waals surface area (Å²) in [6.07, 6.45) is 3.69. The van der Waals surface area contributed by atoms with E-state index in [1.165, 1.54) is 10.4 Å². The molecule has 0 spiro atoms. The van der Waals surface area contributed by atoms with Gasteiger partial charge in [-0.15, -0.1) is 11.3 Å². The number of amides is 1. The number of carbonyl (C=O) groups is 1. The van der Waals surface area contributed by atoms with E-state index in [1.807, 2.05) is 7.05 Å². The maximum atomic E-state index is 12.3. The quantitative estimate of drug-likeness (QED) is 0.901. The number of aliphatic hydroxyl groups excluding tert-OH is 1. The average Bonchev–Trinajstić information content (AvgIpc) is 2.68. The van der Waals surface area contributed by atoms with Crippen molar-refractivity contribution >= 4 is 17.2 Å². The summed E-state index contributed by atoms with van der Waals surface area (Å²) < 4.78 is 0. The first kappa shape index (κ1) is 14.5. The van der Waals surface area contributed by atoms with Gasteiger partial charge in [-0.1, -0.05) is 13.3 Å². The van der Waals surface area contributed by atoms with Crippen molar-refractivity contribution in [2.24, 2.45) is 5.92 Å². The highest BCUT2D eigenvalue weighted by Crippen LogP contribution is 2.29. The fourth-order valence-electron chi connectivity index (χ4n) is 2.65. The number of thiophene rings is 1. The number of carbonyl (C=O) groups excluding carboxylic acids is 1. The van der Waals surface area contributed by atoms with Gasteiger partial charge in [0.15, 0.2) is 0 Å². The van der Waals surface area contributed by atoms with Crippen LogP contribution in [-0.2, 0) is 6.42 Å². The second-order valence-electron chi connectivity index (χ2n) is 5.62. The summed E-state index contributed by atoms with van der Waals surface area (Å²) in [6.45, 7) is 5.01. The summed E-state index contributed by atoms with van der Waals surface area (Å²) in [6, 6.07) is 2.05. The summed E-state index contributed by atoms with van der Waals surface area (Å²) >= 11 is 1.60. The molecule has 2 rings (SSSR count). The summed E-state index contributed by atoms with van der Waals surface area (Å²) in [5.74, 6) is 0.594. The molecular formula is C15H23NO2S. The molecule has 0 aromatic carbocycles. The van der Waals surface area contributed by atoms with E-state index in [2.05, 4.69) is 19.9 Å². The first-order valence-corrected chi connectivity index (χ1v) is 7.85. The van der Waals surface area contributed by atoms with Gasteiger partial charge in [-0.2, -0.15) is 0 Å². The molecule has 1 aliphatic carbocycles. The average molecular weight is 281 g/mol. The van der Waals surface area contributed by atoms with Gasteiger partial charge in [0.05, 0.1) is 11.0 Å². The second-order valence-corrected chi connectivity index (χ2v) is 6.88. The maximum Gasteiger partial charge on any atom is 0.263 e. The monoisotopic (exact) mass is 281 g/mol. The highest BCUT2D eigenvalue weighted by molar-refractivity contribution is 7.14. The third-order valence-electron chi connectivity index (χ3n) is 3.84. The van der Waals surface area contributed by atoms with Gasteiger partial charge in [0.2, 0.25) is 0 Å². The lowest BCUT2D eigenvalue weighted by atomic mass is 9.82. The van der Waals surface area contributed by atoms with Crippen molar-refractivity contribution < 1.29 is 9.90 Å². The third-order valence-corrected chi connectivity index (χ3v) is 4.92. The third kappa shape index (κ3) is 3.37. The van der Waals surface area contributed by atoms with Crippen molar-refractivity contribution in [2.45, 2.75) is 45.6 Å². The lowest BCUT2D eigenvalue weighted by Gasteiger charge is -2.34. The Bertz CT molecular complexity index is 449. The minimum absolute atomic E-state index is 0.122. The van der Waals surface area contributed by atoms with Crippen molar-refractivity contribution in [3.63, 3.8) is 0 Å². The van der Waals surface area contributed by atoms with Crippen LogP contribution in [0.4, 0.5) is 0 Å². The van der Waals surface area contributed by atoms with Crippen LogP contribution in [0.5, 0.6) is 0 Å². The number of hydrogen-bond donors (Lipinski definition) is 1. The molecule has 1 fully saturated rings. The van der Waals surface area contributed by atoms with Crippen molar-refractivity contribution in [3.8, 4) is 0 Å². The van der Waals surface area contributed by atoms with E-state index in [9.17, 15) is 9.90 Å². The fraction of sp³-hybridized carbons (Fsp3) is 0.667. The van der Waals surface area contributed by atoms with Crippen molar-refractivity contribution in [1.82, 2.24) is 4.90 Å². The molecule has 106 valence electrons. The molecule has 0 unspecified atom stereocenters. The predicted molar refractivity (Wildman–Crippen MR) is 78.7 cm³/mol. The molecule has 0 radical (unpaired) electrons. The standard InChI is InChI=1S/C15H23NO2S/c1-4-5-12-8-14(19-10(12)2)15(18)16(3)9-11-6-13(17)7-11/h8,11,13,17H,4-7,9H2,1-3H3. The zero-order chi connectivity index (χ0) is 14.0. The Morgan fingerprint density at radius 3 is 2.79 bits per heavy atom. The van der Waals surface area contributed by atoms with E-state index in [0.717, 1.165) is 37.1 Å². The van der Waals surface area contributed by atoms with Crippen LogP contribution in [0.1, 0.15) is 46.3 Å². The number of nitrogens with zero attached hydrogens (tertiary/aromatic N) is 1. The number of aliphatic hydroxyl groups is 1. The maximum absolute atomic E-state index is 12.3. The molecule has 1 saturated carbocycles. The molecule has 1 heterocycles. The number of aryl methyl sites for hydroxylation is 2. The summed E-state index contributed by atoms with van der Waals surface area (Å²) in [5.41, 5.74) is 1.31. The van der Waals surface area contributed by atoms with Crippen LogP contribution in [0.25, 0.3) is 0 Å². The van der Waals surface area contributed by atoms with Crippen LogP contribution in [0.2, 0.25) is 0 Å². The lowest BCUT2D eigenvalue weighted by molar-refractivity contribution is 0.0266. The van der Waals surface area contributed by atoms with Crippen LogP contribution >= 0.6 is 11.3 Å². The minimum atomic E-state index is -0.145. The molecule has 1 aliphatic rings. The Labute approximate surface area is 119 Å². The Balaban J connectivity index is 1.96. The molecule has 0 bridgehead atoms. The predicted octanol–water partition coefficient (Wildman–Crippen LogP) is 2.85. The molecular weight excluding hydrogens is 258 g/mol. The molecule has 0 saturated heterocycles. The molecule has 1 N–H and O–H groups in total. The molecule has 4 heteroatoms. The molecule has 0 atom stereocenters. The molecule has 19 heavy (non-hydrogen) atoms. The number of hydrogen-bond acceptors (Lipinski definition) is 3. The largest absolute Gasteiger partial charge is 0.393 e. The normalized spacial score (nSPS) is 22.1. The van der Waals surface area contributed by atoms with Crippen LogP contribution in [-0.4, -0.2) is 35.6 Å². The molecule has 1 aromatic rings. The Hall–Kier alpha value is -0.870. The highest BCUT2D eigenvalue weighted by atomic mass is 32.1. The zero-order valence-corrected chi connectivity index (χ0v) is 12.8. The van der Waals surface area contributed by atoms with Crippen molar-refractivity contribution in [1.29, 1.82) is 0 Å². The first-order chi connectivity index (χ1) is 9.01. The van der Waals surface area contributed by atoms with Gasteiger partial charge >= 0.3 is 0 Å². The topological polar surface area (TPSA) is 40.5 Å². The SMILES string of the molecule is CCCc1cc(C(=O)N(C)CC2CC(O)C2)sc1C. The van der Waals surface area contributed by atoms with E-state index >= 15 is 0 Å². The van der Waals surface area contributed by atoms with Gasteiger partial charge in [0, 0.05) is 18.5 Å². The van der Waals surface area contributed by atoms with Crippen LogP contribution < -0.4 is 0 Å². The van der Waals surface area contributed by atoms with E-state index in [4.69, 9.17) is 0 Å². The Morgan fingerprint density at radius 1 is 1.53 bits per heavy atom. The van der Waals surface area contributed by atoms with Crippen LogP contribution in [0.3, 0.4) is 0 Å². The summed E-state index contributed by atoms with van der Waals surface area (Å²) in [5, 5.41) is 9.28. The number of rotatable bonds is 5. The summed E-state index contributed by atoms with van der Waals surface area (Å²) in [7, 11) is 1.86. The molecule has 1 aromatic heterocycles. The van der Waals surface area contributed by atoms with Crippen LogP contribution in [0.15, 0.2) is 6.07 Å². The van der Waals surface area contributed by atoms with Gasteiger partial charge < -0.3 is 10.0 Å². The Kier molecular flexibility index (Phi) is 4.63. The van der Waals surface area contributed by atoms with Crippen molar-refractivity contribution in [2.75, 3.05) is 13.6 Å². The highest BCUT2D eigenvalue weighted by Gasteiger charge is 2.29. The van der Waals surface area contributed by atoms with Gasteiger partial charge in [-0.3, -0.25) is 4.79 Å². The van der Waals surface area contributed by atoms with Crippen molar-refractivity contribution in [3.05, 3.63) is 21.4 Å². The summed E-state index contributed by atoms with van der Waals surface area (Å²) in [4.78, 5) is 16.3. The first-order valence-electron chi connectivity index (χ1n) is 7.04. The van der Waals surface area contributed by atoms with E-state index in [0.29, 0.717) is 5.92 Å². The lowest BCUT2D eigenvalue weighted by Crippen LogP contribution is -2.39. The van der Waals surface area contributed by atoms with E-state index < -0.39 is 0 Å². The fourth-order valence-corrected chi connectivity index (χ4v) is 3.72.